The maximum Gasteiger partial charge on any atom is 0.0868 e. The Balaban J connectivity index is 2.99. The quantitative estimate of drug-likeness (QED) is 0.780. The minimum Gasteiger partial charge on any atom is -0.390 e. The van der Waals surface area contributed by atoms with Gasteiger partial charge in [0.1, 0.15) is 0 Å². The molecule has 1 aromatic rings. The summed E-state index contributed by atoms with van der Waals surface area (Å²) in [6.07, 6.45) is 0.819. The lowest BCUT2D eigenvalue weighted by Crippen LogP contribution is -2.11. The molecule has 0 saturated carbocycles. The van der Waals surface area contributed by atoms with Crippen molar-refractivity contribution in [3.05, 3.63) is 28.5 Å². The molecule has 3 N–H and O–H groups in total. The highest BCUT2D eigenvalue weighted by Gasteiger charge is 2.07. The van der Waals surface area contributed by atoms with Crippen molar-refractivity contribution in [3.8, 4) is 0 Å². The van der Waals surface area contributed by atoms with Crippen molar-refractivity contribution in [2.45, 2.75) is 26.0 Å². The Morgan fingerprint density at radius 3 is 2.85 bits per heavy atom. The summed E-state index contributed by atoms with van der Waals surface area (Å²) >= 11 is 5.78. The number of pyridine rings is 1. The number of halogens is 1. The average molecular weight is 201 g/mol. The van der Waals surface area contributed by atoms with Gasteiger partial charge in [0.05, 0.1) is 23.0 Å². The van der Waals surface area contributed by atoms with Crippen LogP contribution in [-0.4, -0.2) is 10.1 Å². The van der Waals surface area contributed by atoms with Gasteiger partial charge >= 0.3 is 0 Å². The number of nitrogens with two attached hydrogens (primary N) is 1. The van der Waals surface area contributed by atoms with Crippen LogP contribution >= 0.6 is 11.6 Å². The second-order valence-electron chi connectivity index (χ2n) is 2.84. The van der Waals surface area contributed by atoms with E-state index in [1.807, 2.05) is 6.92 Å². The summed E-state index contributed by atoms with van der Waals surface area (Å²) < 4.78 is 0. The Labute approximate surface area is 82.5 Å². The standard InChI is InChI=1S/C9H13ClN2O/c1-2-7(11)8-4-3-6(10)9(5-13)12-8/h3-4,7,13H,2,5,11H2,1H3. The molecular formula is C9H13ClN2O. The van der Waals surface area contributed by atoms with Crippen LogP contribution in [0.15, 0.2) is 12.1 Å². The summed E-state index contributed by atoms with van der Waals surface area (Å²) in [6, 6.07) is 3.42. The Bertz CT molecular complexity index is 291. The van der Waals surface area contributed by atoms with E-state index in [0.29, 0.717) is 10.7 Å². The molecule has 0 spiro atoms. The monoisotopic (exact) mass is 200 g/mol. The summed E-state index contributed by atoms with van der Waals surface area (Å²) in [7, 11) is 0. The minimum atomic E-state index is -0.150. The summed E-state index contributed by atoms with van der Waals surface area (Å²) in [6.45, 7) is 1.84. The van der Waals surface area contributed by atoms with E-state index in [1.165, 1.54) is 0 Å². The van der Waals surface area contributed by atoms with E-state index in [1.54, 1.807) is 12.1 Å². The summed E-state index contributed by atoms with van der Waals surface area (Å²) in [4.78, 5) is 4.15. The van der Waals surface area contributed by atoms with Crippen LogP contribution in [0.1, 0.15) is 30.8 Å². The van der Waals surface area contributed by atoms with Crippen LogP contribution in [-0.2, 0) is 6.61 Å². The molecule has 0 aliphatic heterocycles. The molecule has 4 heteroatoms. The summed E-state index contributed by atoms with van der Waals surface area (Å²) in [5.41, 5.74) is 7.04. The van der Waals surface area contributed by atoms with Crippen LogP contribution in [0, 0.1) is 0 Å². The fraction of sp³-hybridized carbons (Fsp3) is 0.444. The third-order valence-corrected chi connectivity index (χ3v) is 2.25. The zero-order chi connectivity index (χ0) is 9.84. The topological polar surface area (TPSA) is 59.1 Å². The molecule has 1 unspecified atom stereocenters. The van der Waals surface area contributed by atoms with Gasteiger partial charge in [-0.15, -0.1) is 0 Å². The number of hydrogen-bond donors (Lipinski definition) is 2. The maximum absolute atomic E-state index is 8.91. The molecule has 0 aliphatic rings. The molecule has 3 nitrogen and oxygen atoms in total. The van der Waals surface area contributed by atoms with E-state index in [9.17, 15) is 0 Å². The van der Waals surface area contributed by atoms with E-state index in [2.05, 4.69) is 4.98 Å². The van der Waals surface area contributed by atoms with Crippen LogP contribution in [0.2, 0.25) is 5.02 Å². The number of aliphatic hydroxyl groups excluding tert-OH is 1. The van der Waals surface area contributed by atoms with E-state index < -0.39 is 0 Å². The van der Waals surface area contributed by atoms with Crippen LogP contribution < -0.4 is 5.73 Å². The lowest BCUT2D eigenvalue weighted by atomic mass is 10.1. The fourth-order valence-electron chi connectivity index (χ4n) is 1.03. The Kier molecular flexibility index (Phi) is 3.66. The number of aliphatic hydroxyl groups is 1. The van der Waals surface area contributed by atoms with Gasteiger partial charge in [0.25, 0.3) is 0 Å². The first-order valence-electron chi connectivity index (χ1n) is 4.20. The van der Waals surface area contributed by atoms with Gasteiger partial charge in [-0.3, -0.25) is 4.98 Å². The first-order valence-corrected chi connectivity index (χ1v) is 4.58. The van der Waals surface area contributed by atoms with Crippen LogP contribution in [0.5, 0.6) is 0 Å². The second kappa shape index (κ2) is 4.56. The smallest absolute Gasteiger partial charge is 0.0868 e. The van der Waals surface area contributed by atoms with Crippen molar-refractivity contribution in [2.75, 3.05) is 0 Å². The van der Waals surface area contributed by atoms with Crippen LogP contribution in [0.3, 0.4) is 0 Å². The van der Waals surface area contributed by atoms with E-state index >= 15 is 0 Å². The van der Waals surface area contributed by atoms with Gasteiger partial charge in [0, 0.05) is 6.04 Å². The van der Waals surface area contributed by atoms with Crippen molar-refractivity contribution >= 4 is 11.6 Å². The third-order valence-electron chi connectivity index (χ3n) is 1.91. The number of nitrogens with zero attached hydrogens (tertiary/aromatic N) is 1. The lowest BCUT2D eigenvalue weighted by molar-refractivity contribution is 0.276. The van der Waals surface area contributed by atoms with Gasteiger partial charge < -0.3 is 10.8 Å². The molecule has 0 bridgehead atoms. The minimum absolute atomic E-state index is 0.0810. The molecule has 0 aliphatic carbocycles. The first-order chi connectivity index (χ1) is 6.19. The van der Waals surface area contributed by atoms with E-state index in [0.717, 1.165) is 12.1 Å². The third kappa shape index (κ3) is 2.40. The normalized spacial score (nSPS) is 12.9. The molecule has 0 fully saturated rings. The van der Waals surface area contributed by atoms with Crippen LogP contribution in [0.4, 0.5) is 0 Å². The predicted molar refractivity (Wildman–Crippen MR) is 52.4 cm³/mol. The molecule has 0 aromatic carbocycles. The molecule has 1 heterocycles. The van der Waals surface area contributed by atoms with Gasteiger partial charge in [-0.1, -0.05) is 18.5 Å². The predicted octanol–water partition coefficient (Wildman–Crippen LogP) is 1.64. The van der Waals surface area contributed by atoms with Gasteiger partial charge in [0.2, 0.25) is 0 Å². The molecule has 1 rings (SSSR count). The number of aromatic nitrogens is 1. The van der Waals surface area contributed by atoms with E-state index in [4.69, 9.17) is 22.4 Å². The number of rotatable bonds is 3. The second-order valence-corrected chi connectivity index (χ2v) is 3.24. The van der Waals surface area contributed by atoms with Crippen molar-refractivity contribution in [2.24, 2.45) is 5.73 Å². The summed E-state index contributed by atoms with van der Waals surface area (Å²) in [5, 5.41) is 9.39. The van der Waals surface area contributed by atoms with E-state index in [-0.39, 0.29) is 12.6 Å². The SMILES string of the molecule is CCC(N)c1ccc(Cl)c(CO)n1. The molecule has 0 amide bonds. The highest BCUT2D eigenvalue weighted by Crippen LogP contribution is 2.18. The van der Waals surface area contributed by atoms with Gasteiger partial charge in [-0.05, 0) is 18.6 Å². The number of hydrogen-bond acceptors (Lipinski definition) is 3. The van der Waals surface area contributed by atoms with Crippen molar-refractivity contribution < 1.29 is 5.11 Å². The highest BCUT2D eigenvalue weighted by atomic mass is 35.5. The molecule has 0 saturated heterocycles. The Morgan fingerprint density at radius 1 is 1.62 bits per heavy atom. The van der Waals surface area contributed by atoms with Crippen molar-refractivity contribution in [3.63, 3.8) is 0 Å². The zero-order valence-corrected chi connectivity index (χ0v) is 8.25. The zero-order valence-electron chi connectivity index (χ0n) is 7.50. The van der Waals surface area contributed by atoms with Crippen molar-refractivity contribution in [1.29, 1.82) is 0 Å². The summed E-state index contributed by atoms with van der Waals surface area (Å²) in [5.74, 6) is 0. The molecule has 0 radical (unpaired) electrons. The molecule has 13 heavy (non-hydrogen) atoms. The van der Waals surface area contributed by atoms with Gasteiger partial charge in [0.15, 0.2) is 0 Å². The lowest BCUT2D eigenvalue weighted by Gasteiger charge is -2.09. The molecule has 1 aromatic heterocycles. The first kappa shape index (κ1) is 10.4. The van der Waals surface area contributed by atoms with Crippen molar-refractivity contribution in [1.82, 2.24) is 4.98 Å². The van der Waals surface area contributed by atoms with Gasteiger partial charge in [-0.25, -0.2) is 0 Å². The van der Waals surface area contributed by atoms with Gasteiger partial charge in [-0.2, -0.15) is 0 Å². The largest absolute Gasteiger partial charge is 0.390 e. The molecule has 72 valence electrons. The van der Waals surface area contributed by atoms with Crippen LogP contribution in [0.25, 0.3) is 0 Å². The maximum atomic E-state index is 8.91. The molecular weight excluding hydrogens is 188 g/mol. The highest BCUT2D eigenvalue weighted by molar-refractivity contribution is 6.31. The Hall–Kier alpha value is -0.640. The molecule has 1 atom stereocenters. The Morgan fingerprint density at radius 2 is 2.31 bits per heavy atom. The fourth-order valence-corrected chi connectivity index (χ4v) is 1.19. The average Bonchev–Trinajstić information content (AvgIpc) is 2.17.